The van der Waals surface area contributed by atoms with Crippen LogP contribution in [0.2, 0.25) is 0 Å². The number of nitrogens with zero attached hydrogens (tertiary/aromatic N) is 1. The lowest BCUT2D eigenvalue weighted by molar-refractivity contribution is -0.115. The summed E-state index contributed by atoms with van der Waals surface area (Å²) in [5.41, 5.74) is 9.79. The van der Waals surface area contributed by atoms with Crippen LogP contribution in [0.25, 0.3) is 11.1 Å². The first-order valence-corrected chi connectivity index (χ1v) is 8.01. The average molecular weight is 309 g/mol. The zero-order valence-electron chi connectivity index (χ0n) is 15.0. The van der Waals surface area contributed by atoms with Crippen molar-refractivity contribution in [3.05, 3.63) is 44.8 Å². The van der Waals surface area contributed by atoms with E-state index in [1.54, 1.807) is 13.8 Å². The predicted octanol–water partition coefficient (Wildman–Crippen LogP) is 3.94. The van der Waals surface area contributed by atoms with Gasteiger partial charge in [-0.2, -0.15) is 0 Å². The molecule has 0 aliphatic heterocycles. The van der Waals surface area contributed by atoms with Gasteiger partial charge in [0.05, 0.1) is 5.57 Å². The van der Waals surface area contributed by atoms with Crippen LogP contribution in [0.15, 0.2) is 22.3 Å². The Morgan fingerprint density at radius 2 is 1.43 bits per heavy atom. The zero-order valence-corrected chi connectivity index (χ0v) is 15.0. The van der Waals surface area contributed by atoms with Crippen molar-refractivity contribution < 1.29 is 9.59 Å². The second-order valence-corrected chi connectivity index (χ2v) is 6.85. The van der Waals surface area contributed by atoms with E-state index in [1.807, 2.05) is 14.0 Å². The maximum atomic E-state index is 12.5. The number of hydrogen-bond acceptors (Lipinski definition) is 2. The second kappa shape index (κ2) is 4.92. The molecular weight excluding hydrogens is 286 g/mol. The van der Waals surface area contributed by atoms with Gasteiger partial charge in [0.1, 0.15) is 0 Å². The van der Waals surface area contributed by atoms with E-state index in [0.29, 0.717) is 16.7 Å². The molecule has 3 heteroatoms. The molecule has 0 atom stereocenters. The van der Waals surface area contributed by atoms with Crippen molar-refractivity contribution >= 4 is 22.7 Å². The number of fused-ring (bicyclic) bond motifs is 1. The van der Waals surface area contributed by atoms with Crippen LogP contribution in [-0.4, -0.2) is 16.1 Å². The van der Waals surface area contributed by atoms with Crippen molar-refractivity contribution in [3.63, 3.8) is 0 Å². The lowest BCUT2D eigenvalue weighted by Gasteiger charge is -2.12. The Balaban J connectivity index is 2.25. The standard InChI is InChI=1S/C20H23NO2/c1-9-8-15-13(5)17(21(7)18(15)10(9)2)14(6)16-19(22)11(3)12(4)20(16)23/h8H2,1-7H3. The molecule has 0 radical (unpaired) electrons. The van der Waals surface area contributed by atoms with Gasteiger partial charge in [0.25, 0.3) is 0 Å². The molecule has 0 saturated heterocycles. The van der Waals surface area contributed by atoms with Crippen LogP contribution in [0, 0.1) is 6.92 Å². The second-order valence-electron chi connectivity index (χ2n) is 6.85. The topological polar surface area (TPSA) is 39.1 Å². The molecule has 0 fully saturated rings. The monoisotopic (exact) mass is 309 g/mol. The summed E-state index contributed by atoms with van der Waals surface area (Å²) in [6.07, 6.45) is 0.960. The van der Waals surface area contributed by atoms with Gasteiger partial charge in [-0.05, 0) is 70.2 Å². The molecule has 120 valence electrons. The summed E-state index contributed by atoms with van der Waals surface area (Å²) in [5.74, 6) is -0.233. The average Bonchev–Trinajstić information content (AvgIpc) is 2.99. The van der Waals surface area contributed by atoms with Crippen molar-refractivity contribution in [2.75, 3.05) is 0 Å². The fourth-order valence-corrected chi connectivity index (χ4v) is 3.99. The van der Waals surface area contributed by atoms with Gasteiger partial charge >= 0.3 is 0 Å². The highest BCUT2D eigenvalue weighted by Crippen LogP contribution is 2.40. The molecule has 0 aromatic carbocycles. The summed E-state index contributed by atoms with van der Waals surface area (Å²) in [4.78, 5) is 25.0. The van der Waals surface area contributed by atoms with Gasteiger partial charge in [0.15, 0.2) is 11.6 Å². The Hall–Kier alpha value is -2.16. The summed E-state index contributed by atoms with van der Waals surface area (Å²) >= 11 is 0. The van der Waals surface area contributed by atoms with Crippen molar-refractivity contribution in [3.8, 4) is 0 Å². The van der Waals surface area contributed by atoms with Crippen LogP contribution >= 0.6 is 0 Å². The number of hydrogen-bond donors (Lipinski definition) is 0. The van der Waals surface area contributed by atoms with Crippen molar-refractivity contribution in [1.82, 2.24) is 4.57 Å². The van der Waals surface area contributed by atoms with Gasteiger partial charge in [-0.3, -0.25) is 9.59 Å². The molecule has 1 aromatic heterocycles. The van der Waals surface area contributed by atoms with Crippen molar-refractivity contribution in [2.45, 2.75) is 48.0 Å². The molecule has 23 heavy (non-hydrogen) atoms. The lowest BCUT2D eigenvalue weighted by atomic mass is 9.97. The summed E-state index contributed by atoms with van der Waals surface area (Å²) in [6.45, 7) is 11.8. The zero-order chi connectivity index (χ0) is 17.2. The largest absolute Gasteiger partial charge is 0.344 e. The Morgan fingerprint density at radius 3 is 1.91 bits per heavy atom. The van der Waals surface area contributed by atoms with E-state index in [4.69, 9.17) is 0 Å². The van der Waals surface area contributed by atoms with E-state index < -0.39 is 0 Å². The number of Topliss-reactive ketones (excluding diaryl/α,β-unsaturated/α-hetero) is 2. The molecule has 2 aliphatic carbocycles. The Kier molecular flexibility index (Phi) is 3.36. The summed E-state index contributed by atoms with van der Waals surface area (Å²) in [7, 11) is 2.03. The fraction of sp³-hybridized carbons (Fsp3) is 0.400. The number of aromatic nitrogens is 1. The van der Waals surface area contributed by atoms with Crippen LogP contribution in [0.3, 0.4) is 0 Å². The number of carbonyl (C=O) groups excluding carboxylic acids is 2. The molecule has 0 bridgehead atoms. The summed E-state index contributed by atoms with van der Waals surface area (Å²) < 4.78 is 2.16. The third-order valence-corrected chi connectivity index (χ3v) is 5.63. The predicted molar refractivity (Wildman–Crippen MR) is 93.1 cm³/mol. The van der Waals surface area contributed by atoms with E-state index >= 15 is 0 Å². The van der Waals surface area contributed by atoms with Crippen LogP contribution in [0.5, 0.6) is 0 Å². The Bertz CT molecular complexity index is 859. The molecule has 0 amide bonds. The quantitative estimate of drug-likeness (QED) is 0.582. The number of ketones is 2. The minimum absolute atomic E-state index is 0.116. The van der Waals surface area contributed by atoms with Gasteiger partial charge in [-0.1, -0.05) is 5.57 Å². The SMILES string of the molecule is CC1=C(C)c2c(c(C)c(C(C)=C3C(=O)C(C)=C(C)C3=O)n2C)C1. The number of allylic oxidation sites excluding steroid dienone is 6. The normalized spacial score (nSPS) is 17.8. The fourth-order valence-electron chi connectivity index (χ4n) is 3.99. The van der Waals surface area contributed by atoms with Gasteiger partial charge in [-0.15, -0.1) is 0 Å². The van der Waals surface area contributed by atoms with Crippen LogP contribution < -0.4 is 0 Å². The van der Waals surface area contributed by atoms with Crippen LogP contribution in [0.4, 0.5) is 0 Å². The number of rotatable bonds is 1. The summed E-state index contributed by atoms with van der Waals surface area (Å²) in [6, 6.07) is 0. The van der Waals surface area contributed by atoms with Crippen molar-refractivity contribution in [1.29, 1.82) is 0 Å². The molecule has 3 nitrogen and oxygen atoms in total. The number of carbonyl (C=O) groups is 2. The van der Waals surface area contributed by atoms with E-state index in [1.165, 1.54) is 28.0 Å². The van der Waals surface area contributed by atoms with Gasteiger partial charge < -0.3 is 4.57 Å². The summed E-state index contributed by atoms with van der Waals surface area (Å²) in [5, 5.41) is 0. The first kappa shape index (κ1) is 15.7. The minimum atomic E-state index is -0.116. The molecule has 3 rings (SSSR count). The van der Waals surface area contributed by atoms with E-state index in [-0.39, 0.29) is 11.6 Å². The molecule has 2 aliphatic rings. The van der Waals surface area contributed by atoms with Gasteiger partial charge in [0.2, 0.25) is 0 Å². The Labute approximate surface area is 137 Å². The smallest absolute Gasteiger partial charge is 0.193 e. The lowest BCUT2D eigenvalue weighted by Crippen LogP contribution is -2.09. The maximum Gasteiger partial charge on any atom is 0.193 e. The highest BCUT2D eigenvalue weighted by molar-refractivity contribution is 6.40. The van der Waals surface area contributed by atoms with E-state index in [9.17, 15) is 9.59 Å². The maximum absolute atomic E-state index is 12.5. The van der Waals surface area contributed by atoms with Gasteiger partial charge in [-0.25, -0.2) is 0 Å². The highest BCUT2D eigenvalue weighted by Gasteiger charge is 2.35. The first-order chi connectivity index (χ1) is 10.7. The molecule has 0 saturated carbocycles. The molecule has 1 heterocycles. The van der Waals surface area contributed by atoms with Crippen LogP contribution in [-0.2, 0) is 23.1 Å². The van der Waals surface area contributed by atoms with E-state index in [0.717, 1.165) is 17.7 Å². The van der Waals surface area contributed by atoms with Crippen molar-refractivity contribution in [2.24, 2.45) is 7.05 Å². The molecule has 0 unspecified atom stereocenters. The molecule has 1 aromatic rings. The van der Waals surface area contributed by atoms with Gasteiger partial charge in [0, 0.05) is 29.6 Å². The Morgan fingerprint density at radius 1 is 0.913 bits per heavy atom. The van der Waals surface area contributed by atoms with Crippen LogP contribution in [0.1, 0.15) is 57.1 Å². The third kappa shape index (κ3) is 1.89. The highest BCUT2D eigenvalue weighted by atomic mass is 16.2. The van der Waals surface area contributed by atoms with E-state index in [2.05, 4.69) is 25.3 Å². The molecular formula is C20H23NO2. The minimum Gasteiger partial charge on any atom is -0.344 e. The first-order valence-electron chi connectivity index (χ1n) is 8.01. The molecule has 0 spiro atoms. The third-order valence-electron chi connectivity index (χ3n) is 5.63. The molecule has 0 N–H and O–H groups in total.